The van der Waals surface area contributed by atoms with Gasteiger partial charge in [-0.15, -0.1) is 0 Å². The van der Waals surface area contributed by atoms with E-state index in [0.717, 1.165) is 32.1 Å². The van der Waals surface area contributed by atoms with E-state index in [1.165, 1.54) is 44.9 Å². The van der Waals surface area contributed by atoms with Gasteiger partial charge in [-0.3, -0.25) is 19.3 Å². The average molecular weight is 499 g/mol. The number of hydrogen-bond acceptors (Lipinski definition) is 7. The molecule has 0 amide bonds. The maximum Gasteiger partial charge on any atom is 0.321 e. The highest BCUT2D eigenvalue weighted by Crippen LogP contribution is 2.22. The van der Waals surface area contributed by atoms with Gasteiger partial charge in [-0.2, -0.15) is 0 Å². The molecule has 2 unspecified atom stereocenters. The molecule has 8 nitrogen and oxygen atoms in total. The molecule has 0 spiro atoms. The van der Waals surface area contributed by atoms with Gasteiger partial charge in [0.1, 0.15) is 12.1 Å². The smallest absolute Gasteiger partial charge is 0.321 e. The molecule has 35 heavy (non-hydrogen) atoms. The van der Waals surface area contributed by atoms with E-state index < -0.39 is 12.0 Å². The molecule has 1 N–H and O–H groups in total. The standard InChI is InChI=1S/C27H50N2O6/c1-4-5-6-7-8-9-10-11-13-16-25(30)34-20-15-12-14-18-29-22-23(21-24(29)27(32)33)35-26(31)17-19-28(2)3/h23-24H,4-22H2,1-3H3,(H,32,33). The fourth-order valence-electron chi connectivity index (χ4n) is 4.44. The first-order valence-corrected chi connectivity index (χ1v) is 13.8. The Morgan fingerprint density at radius 1 is 0.857 bits per heavy atom. The van der Waals surface area contributed by atoms with Gasteiger partial charge >= 0.3 is 17.9 Å². The normalized spacial score (nSPS) is 18.2. The van der Waals surface area contributed by atoms with Crippen molar-refractivity contribution in [2.24, 2.45) is 0 Å². The molecule has 1 fully saturated rings. The number of aliphatic carboxylic acids is 1. The number of likely N-dealkylation sites (tertiary alicyclic amines) is 1. The van der Waals surface area contributed by atoms with Gasteiger partial charge < -0.3 is 19.5 Å². The van der Waals surface area contributed by atoms with Gasteiger partial charge in [0.15, 0.2) is 0 Å². The summed E-state index contributed by atoms with van der Waals surface area (Å²) in [6.07, 6.45) is 14.3. The Labute approximate surface area is 212 Å². The summed E-state index contributed by atoms with van der Waals surface area (Å²) < 4.78 is 10.8. The molecule has 0 aromatic heterocycles. The molecule has 1 aliphatic heterocycles. The fraction of sp³-hybridized carbons (Fsp3) is 0.889. The minimum absolute atomic E-state index is 0.114. The largest absolute Gasteiger partial charge is 0.480 e. The highest BCUT2D eigenvalue weighted by Gasteiger charge is 2.38. The van der Waals surface area contributed by atoms with E-state index in [2.05, 4.69) is 6.92 Å². The van der Waals surface area contributed by atoms with Gasteiger partial charge in [0.25, 0.3) is 0 Å². The van der Waals surface area contributed by atoms with Crippen LogP contribution in [0.1, 0.15) is 103 Å². The minimum Gasteiger partial charge on any atom is -0.480 e. The lowest BCUT2D eigenvalue weighted by molar-refractivity contribution is -0.149. The number of carboxylic acid groups (broad SMARTS) is 1. The Balaban J connectivity index is 2.08. The molecule has 0 bridgehead atoms. The molecule has 0 aromatic carbocycles. The summed E-state index contributed by atoms with van der Waals surface area (Å²) in [5.74, 6) is -1.27. The Hall–Kier alpha value is -1.67. The van der Waals surface area contributed by atoms with Gasteiger partial charge in [-0.25, -0.2) is 0 Å². The topological polar surface area (TPSA) is 96.4 Å². The maximum absolute atomic E-state index is 12.0. The van der Waals surface area contributed by atoms with E-state index in [4.69, 9.17) is 9.47 Å². The zero-order valence-corrected chi connectivity index (χ0v) is 22.5. The van der Waals surface area contributed by atoms with Crippen LogP contribution in [0, 0.1) is 0 Å². The van der Waals surface area contributed by atoms with Gasteiger partial charge in [-0.1, -0.05) is 58.3 Å². The van der Waals surface area contributed by atoms with Crippen molar-refractivity contribution in [1.82, 2.24) is 9.80 Å². The Morgan fingerprint density at radius 2 is 1.49 bits per heavy atom. The van der Waals surface area contributed by atoms with E-state index in [9.17, 15) is 19.5 Å². The van der Waals surface area contributed by atoms with Crippen molar-refractivity contribution in [3.8, 4) is 0 Å². The third-order valence-electron chi connectivity index (χ3n) is 6.55. The SMILES string of the molecule is CCCCCCCCCCCC(=O)OCCCCCN1CC(OC(=O)CCN(C)C)CC1C(=O)O. The van der Waals surface area contributed by atoms with Gasteiger partial charge in [-0.05, 0) is 46.3 Å². The van der Waals surface area contributed by atoms with E-state index in [-0.39, 0.29) is 18.0 Å². The zero-order chi connectivity index (χ0) is 25.9. The zero-order valence-electron chi connectivity index (χ0n) is 22.5. The van der Waals surface area contributed by atoms with Crippen molar-refractivity contribution in [2.75, 3.05) is 40.3 Å². The van der Waals surface area contributed by atoms with Crippen molar-refractivity contribution in [2.45, 2.75) is 115 Å². The van der Waals surface area contributed by atoms with Crippen molar-refractivity contribution < 1.29 is 29.0 Å². The second kappa shape index (κ2) is 19.5. The first kappa shape index (κ1) is 31.4. The average Bonchev–Trinajstić information content (AvgIpc) is 3.21. The van der Waals surface area contributed by atoms with Crippen LogP contribution in [0.4, 0.5) is 0 Å². The summed E-state index contributed by atoms with van der Waals surface area (Å²) in [5, 5.41) is 9.53. The fourth-order valence-corrected chi connectivity index (χ4v) is 4.44. The van der Waals surface area contributed by atoms with Gasteiger partial charge in [0, 0.05) is 25.9 Å². The number of ether oxygens (including phenoxy) is 2. The minimum atomic E-state index is -0.873. The third kappa shape index (κ3) is 15.8. The number of carboxylic acids is 1. The summed E-state index contributed by atoms with van der Waals surface area (Å²) in [4.78, 5) is 39.3. The molecule has 1 rings (SSSR count). The molecule has 204 valence electrons. The van der Waals surface area contributed by atoms with Crippen molar-refractivity contribution in [3.63, 3.8) is 0 Å². The second-order valence-corrected chi connectivity index (χ2v) is 10.1. The van der Waals surface area contributed by atoms with Crippen LogP contribution in [-0.4, -0.2) is 85.3 Å². The number of rotatable bonds is 21. The van der Waals surface area contributed by atoms with Crippen LogP contribution in [-0.2, 0) is 23.9 Å². The van der Waals surface area contributed by atoms with Crippen LogP contribution in [0.25, 0.3) is 0 Å². The van der Waals surface area contributed by atoms with Crippen LogP contribution in [0.2, 0.25) is 0 Å². The second-order valence-electron chi connectivity index (χ2n) is 10.1. The molecule has 2 atom stereocenters. The molecule has 0 saturated carbocycles. The number of unbranched alkanes of at least 4 members (excludes halogenated alkanes) is 10. The lowest BCUT2D eigenvalue weighted by Crippen LogP contribution is -2.36. The summed E-state index contributed by atoms with van der Waals surface area (Å²) in [6.45, 7) is 4.36. The molecule has 1 heterocycles. The summed E-state index contributed by atoms with van der Waals surface area (Å²) in [7, 11) is 3.79. The van der Waals surface area contributed by atoms with Crippen molar-refractivity contribution >= 4 is 17.9 Å². The number of carbonyl (C=O) groups is 3. The Bertz CT molecular complexity index is 598. The lowest BCUT2D eigenvalue weighted by Gasteiger charge is -2.20. The predicted octanol–water partition coefficient (Wildman–Crippen LogP) is 4.64. The summed E-state index contributed by atoms with van der Waals surface area (Å²) in [6, 6.07) is -0.615. The monoisotopic (exact) mass is 498 g/mol. The molecular weight excluding hydrogens is 448 g/mol. The summed E-state index contributed by atoms with van der Waals surface area (Å²) in [5.41, 5.74) is 0. The van der Waals surface area contributed by atoms with E-state index in [1.54, 1.807) is 0 Å². The highest BCUT2D eigenvalue weighted by molar-refractivity contribution is 5.74. The Kier molecular flexibility index (Phi) is 17.5. The number of carbonyl (C=O) groups excluding carboxylic acids is 2. The first-order chi connectivity index (χ1) is 16.8. The highest BCUT2D eigenvalue weighted by atomic mass is 16.5. The van der Waals surface area contributed by atoms with Crippen LogP contribution >= 0.6 is 0 Å². The molecule has 0 aliphatic carbocycles. The van der Waals surface area contributed by atoms with E-state index in [1.807, 2.05) is 23.9 Å². The maximum atomic E-state index is 12.0. The molecular formula is C27H50N2O6. The van der Waals surface area contributed by atoms with Crippen LogP contribution in [0.5, 0.6) is 0 Å². The quantitative estimate of drug-likeness (QED) is 0.181. The molecule has 1 saturated heterocycles. The molecule has 1 aliphatic rings. The predicted molar refractivity (Wildman–Crippen MR) is 137 cm³/mol. The van der Waals surface area contributed by atoms with E-state index in [0.29, 0.717) is 45.5 Å². The van der Waals surface area contributed by atoms with Gasteiger partial charge in [0.2, 0.25) is 0 Å². The molecule has 0 radical (unpaired) electrons. The summed E-state index contributed by atoms with van der Waals surface area (Å²) >= 11 is 0. The lowest BCUT2D eigenvalue weighted by atomic mass is 10.1. The Morgan fingerprint density at radius 3 is 2.11 bits per heavy atom. The number of hydrogen-bond donors (Lipinski definition) is 1. The van der Waals surface area contributed by atoms with Crippen molar-refractivity contribution in [3.05, 3.63) is 0 Å². The van der Waals surface area contributed by atoms with E-state index >= 15 is 0 Å². The van der Waals surface area contributed by atoms with Gasteiger partial charge in [0.05, 0.1) is 13.0 Å². The van der Waals surface area contributed by atoms with Crippen LogP contribution in [0.15, 0.2) is 0 Å². The van der Waals surface area contributed by atoms with Crippen LogP contribution < -0.4 is 0 Å². The number of nitrogens with zero attached hydrogens (tertiary/aromatic N) is 2. The molecule has 8 heteroatoms. The van der Waals surface area contributed by atoms with Crippen LogP contribution in [0.3, 0.4) is 0 Å². The number of esters is 2. The third-order valence-corrected chi connectivity index (χ3v) is 6.55. The van der Waals surface area contributed by atoms with Crippen molar-refractivity contribution in [1.29, 1.82) is 0 Å². The molecule has 0 aromatic rings. The first-order valence-electron chi connectivity index (χ1n) is 13.8.